The fraction of sp³-hybridized carbons (Fsp3) is 0.500. The number of methoxy groups -OCH3 is 1. The molecule has 3 heterocycles. The maximum Gasteiger partial charge on any atom is 0.331 e. The first-order chi connectivity index (χ1) is 21.5. The van der Waals surface area contributed by atoms with Crippen LogP contribution in [0, 0.1) is 0 Å². The van der Waals surface area contributed by atoms with E-state index in [0.717, 1.165) is 0 Å². The van der Waals surface area contributed by atoms with Crippen molar-refractivity contribution in [1.82, 2.24) is 0 Å². The fourth-order valence-corrected chi connectivity index (χ4v) is 5.33. The van der Waals surface area contributed by atoms with Crippen LogP contribution in [0.25, 0.3) is 5.57 Å². The number of esters is 1. The molecule has 11 atom stereocenters. The Morgan fingerprint density at radius 3 is 1.82 bits per heavy atom. The molecule has 2 fully saturated rings. The van der Waals surface area contributed by atoms with Gasteiger partial charge < -0.3 is 69.3 Å². The summed E-state index contributed by atoms with van der Waals surface area (Å²) in [5, 5.41) is 80.0. The average Bonchev–Trinajstić information content (AvgIpc) is 3.41. The van der Waals surface area contributed by atoms with Gasteiger partial charge in [0.25, 0.3) is 0 Å². The second kappa shape index (κ2) is 14.0. The third-order valence-electron chi connectivity index (χ3n) is 7.92. The van der Waals surface area contributed by atoms with Crippen LogP contribution in [0.3, 0.4) is 0 Å². The highest BCUT2D eigenvalue weighted by Gasteiger charge is 2.46. The second-order valence-corrected chi connectivity index (χ2v) is 10.9. The summed E-state index contributed by atoms with van der Waals surface area (Å²) in [5.41, 5.74) is 1.54. The lowest BCUT2D eigenvalue weighted by molar-refractivity contribution is -0.277. The monoisotopic (exact) mass is 636 g/mol. The quantitative estimate of drug-likeness (QED) is 0.127. The molecule has 0 radical (unpaired) electrons. The van der Waals surface area contributed by atoms with Crippen molar-refractivity contribution in [3.63, 3.8) is 0 Å². The van der Waals surface area contributed by atoms with E-state index in [9.17, 15) is 45.6 Å². The number of aliphatic hydroxyl groups is 8. The van der Waals surface area contributed by atoms with Crippen molar-refractivity contribution in [3.8, 4) is 17.2 Å². The van der Waals surface area contributed by atoms with E-state index in [0.29, 0.717) is 22.4 Å². The molecule has 0 amide bonds. The summed E-state index contributed by atoms with van der Waals surface area (Å²) in [6.07, 6.45) is -14.0. The van der Waals surface area contributed by atoms with E-state index in [1.165, 1.54) is 19.3 Å². The third-order valence-corrected chi connectivity index (χ3v) is 7.92. The van der Waals surface area contributed by atoms with Gasteiger partial charge in [0.05, 0.1) is 20.3 Å². The predicted octanol–water partition coefficient (Wildman–Crippen LogP) is -2.40. The molecule has 2 saturated heterocycles. The minimum atomic E-state index is -1.67. The van der Waals surface area contributed by atoms with Crippen molar-refractivity contribution in [2.75, 3.05) is 20.3 Å². The van der Waals surface area contributed by atoms with Crippen LogP contribution in [-0.2, 0) is 25.4 Å². The number of benzene rings is 2. The van der Waals surface area contributed by atoms with Gasteiger partial charge in [-0.2, -0.15) is 0 Å². The maximum atomic E-state index is 12.4. The molecule has 2 aromatic rings. The summed E-state index contributed by atoms with van der Waals surface area (Å²) in [7, 11) is 1.43. The zero-order chi connectivity index (χ0) is 32.4. The first kappa shape index (κ1) is 33.0. The van der Waals surface area contributed by atoms with E-state index in [-0.39, 0.29) is 17.9 Å². The Morgan fingerprint density at radius 1 is 0.711 bits per heavy atom. The standard InChI is InChI=1S/C30H36O15/c1-40-15-6-7-16(19(9-15)43-30-28(39)26(37)24(35)21(12-32)45-30)17-10-22(33)42-18(17)8-13-2-4-14(5-3-13)41-29-27(38)25(36)23(34)20(11-31)44-29/h2-7,9-10,18,20-21,23-32,34-39H,8,11-12H2,1H3/t18-,20-,21-,23-,24-,25+,26+,27-,28-,29-,30-/m1/s1. The topological polar surface area (TPSA) is 234 Å². The van der Waals surface area contributed by atoms with Crippen molar-refractivity contribution in [2.45, 2.75) is 73.9 Å². The molecule has 15 nitrogen and oxygen atoms in total. The summed E-state index contributed by atoms with van der Waals surface area (Å²) in [6, 6.07) is 11.2. The maximum absolute atomic E-state index is 12.4. The molecule has 0 bridgehead atoms. The van der Waals surface area contributed by atoms with Gasteiger partial charge in [-0.1, -0.05) is 12.1 Å². The number of hydrogen-bond donors (Lipinski definition) is 8. The Balaban J connectivity index is 1.32. The zero-order valence-corrected chi connectivity index (χ0v) is 24.0. The summed E-state index contributed by atoms with van der Waals surface area (Å²) in [6.45, 7) is -1.24. The Kier molecular flexibility index (Phi) is 10.2. The summed E-state index contributed by atoms with van der Waals surface area (Å²) >= 11 is 0. The SMILES string of the molecule is COc1ccc(C2=CC(=O)O[C@@H]2Cc2ccc(O[C@@H]3O[C@H](CO)[C@@H](O)[C@H](O)[C@H]3O)cc2)c(O[C@@H]2O[C@H](CO)[C@@H](O)[C@H](O)[C@H]2O)c1. The van der Waals surface area contributed by atoms with Crippen LogP contribution in [0.4, 0.5) is 0 Å². The highest BCUT2D eigenvalue weighted by molar-refractivity contribution is 5.98. The molecule has 15 heteroatoms. The molecule has 3 aliphatic heterocycles. The van der Waals surface area contributed by atoms with Crippen LogP contribution in [0.5, 0.6) is 17.2 Å². The average molecular weight is 637 g/mol. The number of aliphatic hydroxyl groups excluding tert-OH is 8. The van der Waals surface area contributed by atoms with Gasteiger partial charge in [0.15, 0.2) is 0 Å². The largest absolute Gasteiger partial charge is 0.497 e. The molecule has 0 unspecified atom stereocenters. The highest BCUT2D eigenvalue weighted by Crippen LogP contribution is 2.38. The predicted molar refractivity (Wildman–Crippen MR) is 150 cm³/mol. The number of ether oxygens (including phenoxy) is 6. The van der Waals surface area contributed by atoms with Gasteiger partial charge in [-0.3, -0.25) is 0 Å². The number of hydrogen-bond acceptors (Lipinski definition) is 15. The summed E-state index contributed by atoms with van der Waals surface area (Å²) in [4.78, 5) is 12.4. The first-order valence-corrected chi connectivity index (χ1v) is 14.2. The van der Waals surface area contributed by atoms with Crippen LogP contribution in [0.1, 0.15) is 11.1 Å². The van der Waals surface area contributed by atoms with E-state index in [4.69, 9.17) is 28.4 Å². The molecule has 45 heavy (non-hydrogen) atoms. The van der Waals surface area contributed by atoms with E-state index < -0.39 is 86.7 Å². The van der Waals surface area contributed by atoms with E-state index in [1.54, 1.807) is 36.4 Å². The van der Waals surface area contributed by atoms with Gasteiger partial charge in [0, 0.05) is 29.7 Å². The Bertz CT molecular complexity index is 1350. The molecule has 246 valence electrons. The number of cyclic esters (lactones) is 1. The van der Waals surface area contributed by atoms with Gasteiger partial charge in [-0.25, -0.2) is 4.79 Å². The van der Waals surface area contributed by atoms with Crippen LogP contribution >= 0.6 is 0 Å². The molecule has 0 spiro atoms. The molecular formula is C30H36O15. The van der Waals surface area contributed by atoms with Crippen LogP contribution < -0.4 is 14.2 Å². The molecule has 2 aromatic carbocycles. The highest BCUT2D eigenvalue weighted by atomic mass is 16.7. The van der Waals surface area contributed by atoms with Gasteiger partial charge >= 0.3 is 5.97 Å². The van der Waals surface area contributed by atoms with E-state index in [1.807, 2.05) is 0 Å². The molecule has 0 saturated carbocycles. The molecule has 0 aromatic heterocycles. The van der Waals surface area contributed by atoms with Crippen molar-refractivity contribution in [1.29, 1.82) is 0 Å². The zero-order valence-electron chi connectivity index (χ0n) is 24.0. The number of carbonyl (C=O) groups excluding carboxylic acids is 1. The second-order valence-electron chi connectivity index (χ2n) is 10.9. The Labute approximate surface area is 257 Å². The number of carbonyl (C=O) groups is 1. The van der Waals surface area contributed by atoms with E-state index >= 15 is 0 Å². The smallest absolute Gasteiger partial charge is 0.331 e. The van der Waals surface area contributed by atoms with Crippen LogP contribution in [0.15, 0.2) is 48.5 Å². The normalized spacial score (nSPS) is 35.0. The van der Waals surface area contributed by atoms with Crippen molar-refractivity contribution >= 4 is 11.5 Å². The van der Waals surface area contributed by atoms with Gasteiger partial charge in [-0.05, 0) is 29.8 Å². The lowest BCUT2D eigenvalue weighted by atomic mass is 9.95. The minimum absolute atomic E-state index is 0.108. The summed E-state index contributed by atoms with van der Waals surface area (Å²) in [5.74, 6) is 0.132. The molecular weight excluding hydrogens is 600 g/mol. The van der Waals surface area contributed by atoms with Crippen LogP contribution in [0.2, 0.25) is 0 Å². The third kappa shape index (κ3) is 6.92. The van der Waals surface area contributed by atoms with Crippen molar-refractivity contribution in [3.05, 3.63) is 59.7 Å². The Morgan fingerprint density at radius 2 is 1.27 bits per heavy atom. The van der Waals surface area contributed by atoms with Gasteiger partial charge in [0.2, 0.25) is 12.6 Å². The van der Waals surface area contributed by atoms with Crippen molar-refractivity contribution in [2.24, 2.45) is 0 Å². The number of rotatable bonds is 10. The molecule has 0 aliphatic carbocycles. The Hall–Kier alpha value is -3.35. The first-order valence-electron chi connectivity index (χ1n) is 14.2. The molecule has 5 rings (SSSR count). The summed E-state index contributed by atoms with van der Waals surface area (Å²) < 4.78 is 33.3. The van der Waals surface area contributed by atoms with Gasteiger partial charge in [0.1, 0.15) is 72.2 Å². The lowest BCUT2D eigenvalue weighted by Gasteiger charge is -2.39. The molecule has 8 N–H and O–H groups in total. The van der Waals surface area contributed by atoms with Crippen LogP contribution in [-0.4, -0.2) is 135 Å². The molecule has 3 aliphatic rings. The fourth-order valence-electron chi connectivity index (χ4n) is 5.33. The van der Waals surface area contributed by atoms with Gasteiger partial charge in [-0.15, -0.1) is 0 Å². The van der Waals surface area contributed by atoms with Crippen molar-refractivity contribution < 1.29 is 74.1 Å². The lowest BCUT2D eigenvalue weighted by Crippen LogP contribution is -2.60. The minimum Gasteiger partial charge on any atom is -0.497 e. The van der Waals surface area contributed by atoms with E-state index in [2.05, 4.69) is 0 Å².